The van der Waals surface area contributed by atoms with Gasteiger partial charge in [-0.15, -0.1) is 0 Å². The van der Waals surface area contributed by atoms with Crippen molar-refractivity contribution in [1.82, 2.24) is 19.9 Å². The van der Waals surface area contributed by atoms with Crippen molar-refractivity contribution in [3.05, 3.63) is 16.9 Å². The van der Waals surface area contributed by atoms with Gasteiger partial charge in [0.05, 0.1) is 0 Å². The molecule has 2 N–H and O–H groups in total. The molecule has 0 aliphatic heterocycles. The lowest BCUT2D eigenvalue weighted by Crippen LogP contribution is -2.25. The largest absolute Gasteiger partial charge is 0.387 e. The van der Waals surface area contributed by atoms with Gasteiger partial charge in [0.1, 0.15) is 9.98 Å². The Morgan fingerprint density at radius 2 is 1.73 bits per heavy atom. The number of nitrogens with two attached hydrogens (primary N) is 1. The zero-order chi connectivity index (χ0) is 11.6. The molecule has 1 aromatic rings. The van der Waals surface area contributed by atoms with Gasteiger partial charge in [0, 0.05) is 14.1 Å². The van der Waals surface area contributed by atoms with Crippen LogP contribution in [0.1, 0.15) is 11.6 Å². The molecule has 0 bridgehead atoms. The predicted octanol–water partition coefficient (Wildman–Crippen LogP) is 0.396. The Hall–Kier alpha value is -0.920. The third-order valence-corrected chi connectivity index (χ3v) is 2.33. The summed E-state index contributed by atoms with van der Waals surface area (Å²) >= 11 is 15.5. The summed E-state index contributed by atoms with van der Waals surface area (Å²) < 4.78 is 0. The Morgan fingerprint density at radius 3 is 2.20 bits per heavy atom. The number of hydrogen-bond donors (Lipinski definition) is 1. The summed E-state index contributed by atoms with van der Waals surface area (Å²) in [5, 5.41) is 0.0204. The van der Waals surface area contributed by atoms with E-state index in [0.29, 0.717) is 4.99 Å². The molecule has 0 aliphatic carbocycles. The first-order valence-electron chi connectivity index (χ1n) is 3.85. The minimum absolute atomic E-state index is 0.0204. The monoisotopic (exact) mass is 261 g/mol. The lowest BCUT2D eigenvalue weighted by Gasteiger charge is -2.12. The van der Waals surface area contributed by atoms with Crippen LogP contribution in [0.3, 0.4) is 0 Å². The summed E-state index contributed by atoms with van der Waals surface area (Å²) in [6, 6.07) is 0. The van der Waals surface area contributed by atoms with E-state index >= 15 is 0 Å². The van der Waals surface area contributed by atoms with Crippen LogP contribution < -0.4 is 5.73 Å². The van der Waals surface area contributed by atoms with Gasteiger partial charge in [-0.25, -0.2) is 4.98 Å². The third kappa shape index (κ3) is 3.01. The second-order valence-electron chi connectivity index (χ2n) is 2.82. The second kappa shape index (κ2) is 4.73. The minimum Gasteiger partial charge on any atom is -0.387 e. The van der Waals surface area contributed by atoms with Crippen LogP contribution in [0.15, 0.2) is 0 Å². The molecule has 0 fully saturated rings. The Kier molecular flexibility index (Phi) is 3.83. The molecule has 0 aromatic carbocycles. The Morgan fingerprint density at radius 1 is 1.20 bits per heavy atom. The molecule has 5 nitrogen and oxygen atoms in total. The van der Waals surface area contributed by atoms with Crippen molar-refractivity contribution in [3.63, 3.8) is 0 Å². The average molecular weight is 262 g/mol. The first-order valence-corrected chi connectivity index (χ1v) is 5.04. The van der Waals surface area contributed by atoms with Crippen LogP contribution in [-0.2, 0) is 0 Å². The van der Waals surface area contributed by atoms with E-state index < -0.39 is 0 Å². The van der Waals surface area contributed by atoms with E-state index in [0.717, 1.165) is 0 Å². The minimum atomic E-state index is 0.0204. The van der Waals surface area contributed by atoms with Gasteiger partial charge in [-0.2, -0.15) is 9.97 Å². The van der Waals surface area contributed by atoms with Gasteiger partial charge in [0.25, 0.3) is 0 Å². The van der Waals surface area contributed by atoms with Crippen LogP contribution in [0.2, 0.25) is 5.28 Å². The smallest absolute Gasteiger partial charge is 0.226 e. The van der Waals surface area contributed by atoms with Crippen LogP contribution in [0.4, 0.5) is 0 Å². The molecule has 0 atom stereocenters. The van der Waals surface area contributed by atoms with Crippen LogP contribution in [0.25, 0.3) is 0 Å². The molecule has 1 rings (SSSR count). The molecule has 8 heteroatoms. The summed E-state index contributed by atoms with van der Waals surface area (Å²) in [5.41, 5.74) is 5.39. The highest BCUT2D eigenvalue weighted by Gasteiger charge is 2.12. The molecular weight excluding hydrogens is 254 g/mol. The van der Waals surface area contributed by atoms with E-state index in [1.54, 1.807) is 19.0 Å². The zero-order valence-electron chi connectivity index (χ0n) is 8.06. The first kappa shape index (κ1) is 12.2. The van der Waals surface area contributed by atoms with E-state index in [-0.39, 0.29) is 21.9 Å². The fourth-order valence-corrected chi connectivity index (χ4v) is 1.10. The molecule has 80 valence electrons. The fraction of sp³-hybridized carbons (Fsp3) is 0.286. The lowest BCUT2D eigenvalue weighted by molar-refractivity contribution is 0.630. The van der Waals surface area contributed by atoms with E-state index in [9.17, 15) is 0 Å². The molecule has 0 amide bonds. The topological polar surface area (TPSA) is 67.9 Å². The summed E-state index contributed by atoms with van der Waals surface area (Å²) in [6.45, 7) is 0. The Labute approximate surface area is 103 Å². The molecule has 0 radical (unpaired) electrons. The number of nitrogens with zero attached hydrogens (tertiary/aromatic N) is 4. The van der Waals surface area contributed by atoms with E-state index in [2.05, 4.69) is 15.0 Å². The Bertz CT molecular complexity index is 420. The maximum absolute atomic E-state index is 5.69. The van der Waals surface area contributed by atoms with Gasteiger partial charge in [0.15, 0.2) is 11.6 Å². The average Bonchev–Trinajstić information content (AvgIpc) is 2.15. The second-order valence-corrected chi connectivity index (χ2v) is 3.98. The van der Waals surface area contributed by atoms with Gasteiger partial charge < -0.3 is 10.6 Å². The SMILES string of the molecule is CN(C)C(=S)c1nc(Cl)nc(C(N)=S)n1. The van der Waals surface area contributed by atoms with Gasteiger partial charge in [0.2, 0.25) is 5.28 Å². The Balaban J connectivity index is 3.20. The first-order chi connectivity index (χ1) is 6.91. The quantitative estimate of drug-likeness (QED) is 0.773. The zero-order valence-corrected chi connectivity index (χ0v) is 10.4. The number of hydrogen-bond acceptors (Lipinski definition) is 5. The predicted molar refractivity (Wildman–Crippen MR) is 66.1 cm³/mol. The molecule has 0 spiro atoms. The summed E-state index contributed by atoms with van der Waals surface area (Å²) in [5.74, 6) is 0.460. The van der Waals surface area contributed by atoms with Gasteiger partial charge in [-0.3, -0.25) is 0 Å². The maximum atomic E-state index is 5.69. The molecule has 0 saturated carbocycles. The normalized spacial score (nSPS) is 9.80. The number of thiocarbonyl (C=S) groups is 2. The molecule has 1 heterocycles. The standard InChI is InChI=1S/C7H8ClN5S2/c1-13(2)6(15)5-10-4(3(9)14)11-7(8)12-5/h1-2H3,(H2,9,14). The molecule has 0 aliphatic rings. The highest BCUT2D eigenvalue weighted by Crippen LogP contribution is 2.04. The highest BCUT2D eigenvalue weighted by molar-refractivity contribution is 7.81. The number of rotatable bonds is 2. The van der Waals surface area contributed by atoms with Crippen molar-refractivity contribution < 1.29 is 0 Å². The van der Waals surface area contributed by atoms with E-state index in [4.69, 9.17) is 41.8 Å². The fourth-order valence-electron chi connectivity index (χ4n) is 0.756. The number of halogens is 1. The van der Waals surface area contributed by atoms with Crippen LogP contribution in [-0.4, -0.2) is 43.9 Å². The third-order valence-electron chi connectivity index (χ3n) is 1.43. The van der Waals surface area contributed by atoms with Crippen molar-refractivity contribution >= 4 is 46.0 Å². The molecule has 0 saturated heterocycles. The highest BCUT2D eigenvalue weighted by atomic mass is 35.5. The van der Waals surface area contributed by atoms with Crippen molar-refractivity contribution in [3.8, 4) is 0 Å². The van der Waals surface area contributed by atoms with E-state index in [1.807, 2.05) is 0 Å². The molecule has 0 unspecified atom stereocenters. The number of aromatic nitrogens is 3. The van der Waals surface area contributed by atoms with Gasteiger partial charge >= 0.3 is 0 Å². The molecule has 15 heavy (non-hydrogen) atoms. The van der Waals surface area contributed by atoms with Crippen LogP contribution in [0, 0.1) is 0 Å². The van der Waals surface area contributed by atoms with Crippen molar-refractivity contribution in [2.24, 2.45) is 5.73 Å². The van der Waals surface area contributed by atoms with Crippen LogP contribution in [0.5, 0.6) is 0 Å². The van der Waals surface area contributed by atoms with Gasteiger partial charge in [-0.1, -0.05) is 24.4 Å². The summed E-state index contributed by atoms with van der Waals surface area (Å²) in [4.78, 5) is 13.8. The summed E-state index contributed by atoms with van der Waals surface area (Å²) in [7, 11) is 3.56. The van der Waals surface area contributed by atoms with E-state index in [1.165, 1.54) is 0 Å². The van der Waals surface area contributed by atoms with Crippen molar-refractivity contribution in [2.45, 2.75) is 0 Å². The molecule has 1 aromatic heterocycles. The van der Waals surface area contributed by atoms with Crippen molar-refractivity contribution in [2.75, 3.05) is 14.1 Å². The molecular formula is C7H8ClN5S2. The lowest BCUT2D eigenvalue weighted by atomic mass is 10.5. The van der Waals surface area contributed by atoms with Crippen molar-refractivity contribution in [1.29, 1.82) is 0 Å². The van der Waals surface area contributed by atoms with Crippen LogP contribution >= 0.6 is 36.0 Å². The summed E-state index contributed by atoms with van der Waals surface area (Å²) in [6.07, 6.45) is 0. The van der Waals surface area contributed by atoms with Gasteiger partial charge in [-0.05, 0) is 11.6 Å². The maximum Gasteiger partial charge on any atom is 0.226 e.